The van der Waals surface area contributed by atoms with Gasteiger partial charge < -0.3 is 4.74 Å². The summed E-state index contributed by atoms with van der Waals surface area (Å²) in [6.45, 7) is -0.762. The molecule has 0 amide bonds. The van der Waals surface area contributed by atoms with Crippen LogP contribution in [0.3, 0.4) is 0 Å². The quantitative estimate of drug-likeness (QED) is 0.470. The van der Waals surface area contributed by atoms with Crippen molar-refractivity contribution >= 4 is 31.9 Å². The summed E-state index contributed by atoms with van der Waals surface area (Å²) in [6, 6.07) is 3.81. The van der Waals surface area contributed by atoms with Crippen molar-refractivity contribution in [1.29, 1.82) is 0 Å². The summed E-state index contributed by atoms with van der Waals surface area (Å²) >= 11 is 5.86. The first-order valence-corrected chi connectivity index (χ1v) is 6.72. The van der Waals surface area contributed by atoms with Crippen molar-refractivity contribution in [2.45, 2.75) is 23.8 Å². The maximum Gasteiger partial charge on any atom is 0.422 e. The number of hydrogen-bond donors (Lipinski definition) is 0. The maximum absolute atomic E-state index is 13.2. The van der Waals surface area contributed by atoms with Gasteiger partial charge in [-0.25, -0.2) is 8.78 Å². The van der Waals surface area contributed by atoms with E-state index in [0.717, 1.165) is 6.07 Å². The highest BCUT2D eigenvalue weighted by Crippen LogP contribution is 2.40. The number of halogens is 7. The molecule has 108 valence electrons. The highest BCUT2D eigenvalue weighted by molar-refractivity contribution is 9.10. The van der Waals surface area contributed by atoms with Crippen LogP contribution in [0.15, 0.2) is 22.7 Å². The van der Waals surface area contributed by atoms with E-state index in [4.69, 9.17) is 0 Å². The van der Waals surface area contributed by atoms with Gasteiger partial charge in [0.2, 0.25) is 0 Å². The zero-order valence-corrected chi connectivity index (χ0v) is 12.7. The largest absolute Gasteiger partial charge is 0.484 e. The van der Waals surface area contributed by atoms with Crippen molar-refractivity contribution in [3.05, 3.63) is 28.2 Å². The highest BCUT2D eigenvalue weighted by Gasteiger charge is 2.34. The third-order valence-electron chi connectivity index (χ3n) is 2.03. The predicted molar refractivity (Wildman–Crippen MR) is 68.0 cm³/mol. The monoisotopic (exact) mass is 410 g/mol. The van der Waals surface area contributed by atoms with Crippen molar-refractivity contribution in [1.82, 2.24) is 0 Å². The summed E-state index contributed by atoms with van der Waals surface area (Å²) in [5.74, 6) is -3.18. The molecule has 0 radical (unpaired) electrons. The van der Waals surface area contributed by atoms with Crippen LogP contribution in [-0.4, -0.2) is 18.7 Å². The van der Waals surface area contributed by atoms with Gasteiger partial charge >= 0.3 is 6.18 Å². The molecule has 1 nitrogen and oxygen atoms in total. The fourth-order valence-corrected chi connectivity index (χ4v) is 2.03. The van der Waals surface area contributed by atoms with E-state index in [0.29, 0.717) is 11.4 Å². The van der Waals surface area contributed by atoms with Gasteiger partial charge in [-0.2, -0.15) is 13.2 Å². The molecule has 0 saturated carbocycles. The van der Waals surface area contributed by atoms with E-state index >= 15 is 0 Å². The molecule has 1 unspecified atom stereocenters. The van der Waals surface area contributed by atoms with Crippen LogP contribution < -0.4 is 4.74 Å². The molecule has 0 N–H and O–H groups in total. The summed E-state index contributed by atoms with van der Waals surface area (Å²) < 4.78 is 67.3. The van der Waals surface area contributed by atoms with E-state index in [1.807, 2.05) is 0 Å². The van der Waals surface area contributed by atoms with Crippen molar-refractivity contribution in [2.24, 2.45) is 0 Å². The number of benzene rings is 1. The first-order valence-electron chi connectivity index (χ1n) is 5.01. The minimum Gasteiger partial charge on any atom is -0.484 e. The predicted octanol–water partition coefficient (Wildman–Crippen LogP) is 5.48. The number of hydrogen-bond acceptors (Lipinski definition) is 1. The normalized spacial score (nSPS) is 14.3. The molecule has 0 aliphatic heterocycles. The Bertz CT molecular complexity index is 442. The molecule has 0 fully saturated rings. The minimum atomic E-state index is -4.48. The van der Waals surface area contributed by atoms with Gasteiger partial charge in [0.15, 0.2) is 6.61 Å². The van der Waals surface area contributed by atoms with Crippen molar-refractivity contribution < 1.29 is 26.7 Å². The summed E-state index contributed by atoms with van der Waals surface area (Å²) in [7, 11) is 0. The Morgan fingerprint density at radius 1 is 1.16 bits per heavy atom. The summed E-state index contributed by atoms with van der Waals surface area (Å²) in [6.07, 6.45) is -4.48. The van der Waals surface area contributed by atoms with Crippen LogP contribution in [0.2, 0.25) is 0 Å². The van der Waals surface area contributed by atoms with Crippen LogP contribution in [0.5, 0.6) is 5.75 Å². The molecule has 1 atom stereocenters. The fraction of sp³-hybridized carbons (Fsp3) is 0.455. The second kappa shape index (κ2) is 5.95. The lowest BCUT2D eigenvalue weighted by atomic mass is 10.1. The second-order valence-electron chi connectivity index (χ2n) is 3.94. The average molecular weight is 412 g/mol. The topological polar surface area (TPSA) is 9.23 Å². The first kappa shape index (κ1) is 16.7. The lowest BCUT2D eigenvalue weighted by molar-refractivity contribution is -0.153. The molecule has 0 bridgehead atoms. The van der Waals surface area contributed by atoms with E-state index in [-0.39, 0.29) is 11.3 Å². The van der Waals surface area contributed by atoms with Crippen LogP contribution in [0, 0.1) is 0 Å². The molecule has 0 aliphatic rings. The SMILES string of the molecule is CC(F)(F)C(Br)c1cc(Br)cc(OCC(F)(F)F)c1. The number of alkyl halides is 6. The molecule has 8 heteroatoms. The van der Waals surface area contributed by atoms with Crippen molar-refractivity contribution in [3.8, 4) is 5.75 Å². The Labute approximate surface area is 123 Å². The molecule has 0 saturated heterocycles. The van der Waals surface area contributed by atoms with Gasteiger partial charge in [-0.1, -0.05) is 31.9 Å². The Balaban J connectivity index is 2.95. The van der Waals surface area contributed by atoms with Crippen molar-refractivity contribution in [2.75, 3.05) is 6.61 Å². The van der Waals surface area contributed by atoms with E-state index < -0.39 is 23.5 Å². The molecule has 1 rings (SSSR count). The molecule has 1 aromatic carbocycles. The molecular formula is C11H9Br2F5O. The molecular weight excluding hydrogens is 403 g/mol. The van der Waals surface area contributed by atoms with Gasteiger partial charge in [0, 0.05) is 11.4 Å². The Kier molecular flexibility index (Phi) is 5.22. The van der Waals surface area contributed by atoms with Crippen LogP contribution >= 0.6 is 31.9 Å². The zero-order chi connectivity index (χ0) is 14.8. The third kappa shape index (κ3) is 5.64. The highest BCUT2D eigenvalue weighted by atomic mass is 79.9. The van der Waals surface area contributed by atoms with Gasteiger partial charge in [-0.3, -0.25) is 0 Å². The van der Waals surface area contributed by atoms with Crippen LogP contribution in [0.25, 0.3) is 0 Å². The smallest absolute Gasteiger partial charge is 0.422 e. The van der Waals surface area contributed by atoms with E-state index in [1.165, 1.54) is 12.1 Å². The molecule has 0 aliphatic carbocycles. The average Bonchev–Trinajstić information content (AvgIpc) is 2.22. The zero-order valence-electron chi connectivity index (χ0n) is 9.57. The molecule has 0 spiro atoms. The summed E-state index contributed by atoms with van der Waals surface area (Å²) in [5, 5.41) is 0. The van der Waals surface area contributed by atoms with Crippen molar-refractivity contribution in [3.63, 3.8) is 0 Å². The maximum atomic E-state index is 13.2. The van der Waals surface area contributed by atoms with E-state index in [1.54, 1.807) is 0 Å². The van der Waals surface area contributed by atoms with Gasteiger partial charge in [-0.05, 0) is 23.8 Å². The van der Waals surface area contributed by atoms with Crippen LogP contribution in [0.1, 0.15) is 17.3 Å². The summed E-state index contributed by atoms with van der Waals surface area (Å²) in [5.41, 5.74) is 0.124. The Morgan fingerprint density at radius 3 is 2.21 bits per heavy atom. The number of ether oxygens (including phenoxy) is 1. The lowest BCUT2D eigenvalue weighted by Gasteiger charge is -2.19. The van der Waals surface area contributed by atoms with Crippen LogP contribution in [-0.2, 0) is 0 Å². The standard InChI is InChI=1S/C11H9Br2F5O/c1-10(14,15)9(13)6-2-7(12)4-8(3-6)19-5-11(16,17)18/h2-4,9H,5H2,1H3. The molecule has 0 aromatic heterocycles. The first-order chi connectivity index (χ1) is 8.49. The third-order valence-corrected chi connectivity index (χ3v) is 3.82. The Hall–Kier alpha value is -0.370. The fourth-order valence-electron chi connectivity index (χ4n) is 1.27. The molecule has 19 heavy (non-hydrogen) atoms. The van der Waals surface area contributed by atoms with E-state index in [2.05, 4.69) is 36.6 Å². The van der Waals surface area contributed by atoms with Gasteiger partial charge in [0.25, 0.3) is 5.92 Å². The van der Waals surface area contributed by atoms with Gasteiger partial charge in [-0.15, -0.1) is 0 Å². The van der Waals surface area contributed by atoms with Gasteiger partial charge in [0.05, 0.1) is 0 Å². The second-order valence-corrected chi connectivity index (χ2v) is 5.77. The van der Waals surface area contributed by atoms with Crippen LogP contribution in [0.4, 0.5) is 22.0 Å². The molecule has 1 aromatic rings. The minimum absolute atomic E-state index is 0.124. The number of rotatable bonds is 4. The summed E-state index contributed by atoms with van der Waals surface area (Å²) in [4.78, 5) is -1.31. The Morgan fingerprint density at radius 2 is 1.74 bits per heavy atom. The lowest BCUT2D eigenvalue weighted by Crippen LogP contribution is -2.20. The molecule has 0 heterocycles. The van der Waals surface area contributed by atoms with Gasteiger partial charge in [0.1, 0.15) is 10.6 Å². The van der Waals surface area contributed by atoms with E-state index in [9.17, 15) is 22.0 Å².